The van der Waals surface area contributed by atoms with E-state index in [0.29, 0.717) is 0 Å². The van der Waals surface area contributed by atoms with Gasteiger partial charge in [-0.3, -0.25) is 0 Å². The van der Waals surface area contributed by atoms with Gasteiger partial charge in [0.05, 0.1) is 6.10 Å². The number of aliphatic hydroxyl groups is 1. The molecule has 92 valence electrons. The number of aryl methyl sites for hydroxylation is 1. The molecule has 0 spiro atoms. The molecule has 1 nitrogen and oxygen atoms in total. The first-order valence-corrected chi connectivity index (χ1v) is 6.57. The molecule has 1 N–H and O–H groups in total. The molecule has 0 unspecified atom stereocenters. The van der Waals surface area contributed by atoms with Gasteiger partial charge in [-0.15, -0.1) is 0 Å². The van der Waals surface area contributed by atoms with Gasteiger partial charge in [-0.2, -0.15) is 0 Å². The summed E-state index contributed by atoms with van der Waals surface area (Å²) in [6.07, 6.45) is 0.377. The Morgan fingerprint density at radius 2 is 1.78 bits per heavy atom. The normalized spacial score (nSPS) is 21.9. The Balaban J connectivity index is 2.06. The third kappa shape index (κ3) is 1.94. The topological polar surface area (TPSA) is 20.2 Å². The van der Waals surface area contributed by atoms with Crippen LogP contribution in [0.25, 0.3) is 0 Å². The first kappa shape index (κ1) is 11.8. The Kier molecular flexibility index (Phi) is 2.89. The number of fused-ring (bicyclic) bond motifs is 1. The van der Waals surface area contributed by atoms with E-state index >= 15 is 0 Å². The average Bonchev–Trinajstić information content (AvgIpc) is 2.67. The molecule has 0 bridgehead atoms. The predicted molar refractivity (Wildman–Crippen MR) is 74.1 cm³/mol. The minimum atomic E-state index is -0.372. The molecule has 0 fully saturated rings. The van der Waals surface area contributed by atoms with Gasteiger partial charge in [0.25, 0.3) is 0 Å². The highest BCUT2D eigenvalue weighted by atomic mass is 35.5. The van der Waals surface area contributed by atoms with Crippen molar-refractivity contribution in [2.24, 2.45) is 0 Å². The molecule has 2 aromatic carbocycles. The zero-order chi connectivity index (χ0) is 12.7. The van der Waals surface area contributed by atoms with Gasteiger partial charge in [-0.1, -0.05) is 47.5 Å². The lowest BCUT2D eigenvalue weighted by molar-refractivity contribution is 0.176. The zero-order valence-electron chi connectivity index (χ0n) is 10.2. The fourth-order valence-electron chi connectivity index (χ4n) is 2.74. The van der Waals surface area contributed by atoms with Crippen molar-refractivity contribution in [3.05, 3.63) is 69.7 Å². The highest BCUT2D eigenvalue weighted by Crippen LogP contribution is 2.44. The maximum Gasteiger partial charge on any atom is 0.0802 e. The SMILES string of the molecule is Cc1ccc([C@@H]2C[C@H](O)c3ccc(Cl)cc32)cc1. The summed E-state index contributed by atoms with van der Waals surface area (Å²) in [5.41, 5.74) is 4.69. The standard InChI is InChI=1S/C16H15ClO/c1-10-2-4-11(5-3-10)14-9-16(18)13-7-6-12(17)8-15(13)14/h2-8,14,16,18H,9H2,1H3/t14-,16-/m0/s1. The van der Waals surface area contributed by atoms with Gasteiger partial charge in [0.1, 0.15) is 0 Å². The molecule has 1 aliphatic rings. The second kappa shape index (κ2) is 4.42. The lowest BCUT2D eigenvalue weighted by atomic mass is 9.92. The van der Waals surface area contributed by atoms with Crippen LogP contribution in [0.2, 0.25) is 5.02 Å². The van der Waals surface area contributed by atoms with E-state index in [1.165, 1.54) is 16.7 Å². The maximum atomic E-state index is 10.1. The number of halogens is 1. The van der Waals surface area contributed by atoms with Crippen LogP contribution in [0.5, 0.6) is 0 Å². The minimum Gasteiger partial charge on any atom is -0.388 e. The summed E-state index contributed by atoms with van der Waals surface area (Å²) >= 11 is 6.07. The van der Waals surface area contributed by atoms with Gasteiger partial charge in [-0.25, -0.2) is 0 Å². The summed E-state index contributed by atoms with van der Waals surface area (Å²) in [6.45, 7) is 2.08. The highest BCUT2D eigenvalue weighted by molar-refractivity contribution is 6.30. The molecule has 2 atom stereocenters. The Morgan fingerprint density at radius 1 is 1.06 bits per heavy atom. The molecular formula is C16H15ClO. The van der Waals surface area contributed by atoms with E-state index in [4.69, 9.17) is 11.6 Å². The van der Waals surface area contributed by atoms with Crippen LogP contribution in [0, 0.1) is 6.92 Å². The summed E-state index contributed by atoms with van der Waals surface area (Å²) in [5.74, 6) is 0.259. The van der Waals surface area contributed by atoms with Gasteiger partial charge in [-0.05, 0) is 42.2 Å². The number of benzene rings is 2. The minimum absolute atomic E-state index is 0.259. The van der Waals surface area contributed by atoms with Crippen LogP contribution in [0.4, 0.5) is 0 Å². The molecule has 0 aliphatic heterocycles. The summed E-state index contributed by atoms with van der Waals surface area (Å²) in [7, 11) is 0. The Bertz CT molecular complexity index is 574. The van der Waals surface area contributed by atoms with Crippen LogP contribution in [0.3, 0.4) is 0 Å². The van der Waals surface area contributed by atoms with Crippen molar-refractivity contribution >= 4 is 11.6 Å². The van der Waals surface area contributed by atoms with Crippen LogP contribution in [0.1, 0.15) is 40.7 Å². The fourth-order valence-corrected chi connectivity index (χ4v) is 2.92. The van der Waals surface area contributed by atoms with Gasteiger partial charge >= 0.3 is 0 Å². The Hall–Kier alpha value is -1.31. The molecule has 0 radical (unpaired) electrons. The number of aliphatic hydroxyl groups excluding tert-OH is 1. The average molecular weight is 259 g/mol. The molecule has 0 aromatic heterocycles. The Labute approximate surface area is 112 Å². The van der Waals surface area contributed by atoms with Crippen molar-refractivity contribution in [1.82, 2.24) is 0 Å². The molecular weight excluding hydrogens is 244 g/mol. The van der Waals surface area contributed by atoms with Crippen molar-refractivity contribution in [2.75, 3.05) is 0 Å². The van der Waals surface area contributed by atoms with Crippen LogP contribution in [0.15, 0.2) is 42.5 Å². The van der Waals surface area contributed by atoms with Gasteiger partial charge in [0.15, 0.2) is 0 Å². The molecule has 0 saturated carbocycles. The maximum absolute atomic E-state index is 10.1. The first-order valence-electron chi connectivity index (χ1n) is 6.19. The highest BCUT2D eigenvalue weighted by Gasteiger charge is 2.30. The van der Waals surface area contributed by atoms with Gasteiger partial charge < -0.3 is 5.11 Å². The van der Waals surface area contributed by atoms with Gasteiger partial charge in [0, 0.05) is 10.9 Å². The van der Waals surface area contributed by atoms with Crippen molar-refractivity contribution in [3.63, 3.8) is 0 Å². The molecule has 18 heavy (non-hydrogen) atoms. The van der Waals surface area contributed by atoms with Crippen molar-refractivity contribution in [3.8, 4) is 0 Å². The van der Waals surface area contributed by atoms with E-state index in [2.05, 4.69) is 31.2 Å². The second-order valence-electron chi connectivity index (χ2n) is 4.99. The predicted octanol–water partition coefficient (Wildman–Crippen LogP) is 4.22. The van der Waals surface area contributed by atoms with Gasteiger partial charge in [0.2, 0.25) is 0 Å². The fraction of sp³-hybridized carbons (Fsp3) is 0.250. The van der Waals surface area contributed by atoms with E-state index in [-0.39, 0.29) is 12.0 Å². The number of rotatable bonds is 1. The molecule has 2 heteroatoms. The largest absolute Gasteiger partial charge is 0.388 e. The van der Waals surface area contributed by atoms with E-state index < -0.39 is 0 Å². The van der Waals surface area contributed by atoms with Crippen LogP contribution in [-0.2, 0) is 0 Å². The molecule has 1 aliphatic carbocycles. The van der Waals surface area contributed by atoms with E-state index in [1.54, 1.807) is 0 Å². The van der Waals surface area contributed by atoms with E-state index in [0.717, 1.165) is 17.0 Å². The lowest BCUT2D eigenvalue weighted by Crippen LogP contribution is -1.96. The summed E-state index contributed by atoms with van der Waals surface area (Å²) < 4.78 is 0. The quantitative estimate of drug-likeness (QED) is 0.812. The molecule has 0 saturated heterocycles. The first-order chi connectivity index (χ1) is 8.65. The molecule has 0 heterocycles. The summed E-state index contributed by atoms with van der Waals surface area (Å²) in [5, 5.41) is 10.9. The monoisotopic (exact) mass is 258 g/mol. The van der Waals surface area contributed by atoms with Crippen molar-refractivity contribution < 1.29 is 5.11 Å². The third-order valence-electron chi connectivity index (χ3n) is 3.72. The number of hydrogen-bond acceptors (Lipinski definition) is 1. The van der Waals surface area contributed by atoms with Crippen LogP contribution in [-0.4, -0.2) is 5.11 Å². The lowest BCUT2D eigenvalue weighted by Gasteiger charge is -2.12. The Morgan fingerprint density at radius 3 is 2.50 bits per heavy atom. The second-order valence-corrected chi connectivity index (χ2v) is 5.42. The van der Waals surface area contributed by atoms with Crippen molar-refractivity contribution in [1.29, 1.82) is 0 Å². The molecule has 0 amide bonds. The van der Waals surface area contributed by atoms with Crippen LogP contribution >= 0.6 is 11.6 Å². The van der Waals surface area contributed by atoms with Crippen molar-refractivity contribution in [2.45, 2.75) is 25.4 Å². The molecule has 2 aromatic rings. The number of hydrogen-bond donors (Lipinski definition) is 1. The summed E-state index contributed by atoms with van der Waals surface area (Å²) in [4.78, 5) is 0. The molecule has 3 rings (SSSR count). The van der Waals surface area contributed by atoms with Crippen LogP contribution < -0.4 is 0 Å². The zero-order valence-corrected chi connectivity index (χ0v) is 11.0. The van der Waals surface area contributed by atoms with E-state index in [9.17, 15) is 5.11 Å². The van der Waals surface area contributed by atoms with E-state index in [1.807, 2.05) is 18.2 Å². The third-order valence-corrected chi connectivity index (χ3v) is 3.96. The summed E-state index contributed by atoms with van der Waals surface area (Å²) in [6, 6.07) is 14.3. The smallest absolute Gasteiger partial charge is 0.0802 e.